The van der Waals surface area contributed by atoms with E-state index in [4.69, 9.17) is 0 Å². The van der Waals surface area contributed by atoms with Gasteiger partial charge in [-0.15, -0.1) is 0 Å². The predicted molar refractivity (Wildman–Crippen MR) is 93.0 cm³/mol. The van der Waals surface area contributed by atoms with Gasteiger partial charge in [-0.1, -0.05) is 12.1 Å². The van der Waals surface area contributed by atoms with E-state index in [0.29, 0.717) is 23.6 Å². The molecule has 4 nitrogen and oxygen atoms in total. The number of halogens is 1. The molecule has 3 rings (SSSR count). The summed E-state index contributed by atoms with van der Waals surface area (Å²) in [4.78, 5) is 26.2. The average molecular weight is 344 g/mol. The van der Waals surface area contributed by atoms with Gasteiger partial charge in [0.25, 0.3) is 11.1 Å². The average Bonchev–Trinajstić information content (AvgIpc) is 3.00. The Hall–Kier alpha value is -2.34. The second kappa shape index (κ2) is 6.65. The molecule has 1 aliphatic rings. The van der Waals surface area contributed by atoms with Crippen molar-refractivity contribution in [3.8, 4) is 0 Å². The van der Waals surface area contributed by atoms with Gasteiger partial charge in [0.05, 0.1) is 4.91 Å². The molecule has 1 fully saturated rings. The first-order chi connectivity index (χ1) is 11.5. The Kier molecular flexibility index (Phi) is 4.57. The van der Waals surface area contributed by atoms with Crippen molar-refractivity contribution in [2.75, 3.05) is 6.54 Å². The van der Waals surface area contributed by atoms with Gasteiger partial charge in [0.2, 0.25) is 0 Å². The van der Waals surface area contributed by atoms with E-state index in [-0.39, 0.29) is 17.0 Å². The Labute approximate surface area is 144 Å². The number of rotatable bonds is 4. The molecular formula is C18H17FN2O2S. The second-order valence-corrected chi connectivity index (χ2v) is 6.65. The van der Waals surface area contributed by atoms with Gasteiger partial charge in [0.15, 0.2) is 0 Å². The zero-order valence-electron chi connectivity index (χ0n) is 13.5. The fraction of sp³-hybridized carbons (Fsp3) is 0.222. The van der Waals surface area contributed by atoms with Crippen molar-refractivity contribution < 1.29 is 14.0 Å². The largest absolute Gasteiger partial charge is 0.347 e. The summed E-state index contributed by atoms with van der Waals surface area (Å²) in [7, 11) is 0. The summed E-state index contributed by atoms with van der Waals surface area (Å²) < 4.78 is 15.0. The number of imide groups is 1. The molecule has 1 aromatic carbocycles. The maximum absolute atomic E-state index is 12.9. The van der Waals surface area contributed by atoms with E-state index in [9.17, 15) is 14.0 Å². The number of carbonyl (C=O) groups is 2. The first-order valence-corrected chi connectivity index (χ1v) is 8.41. The number of benzene rings is 1. The summed E-state index contributed by atoms with van der Waals surface area (Å²) >= 11 is 0.922. The molecular weight excluding hydrogens is 327 g/mol. The molecule has 1 saturated heterocycles. The van der Waals surface area contributed by atoms with Crippen LogP contribution in [0.5, 0.6) is 0 Å². The maximum atomic E-state index is 12.9. The topological polar surface area (TPSA) is 42.3 Å². The molecule has 6 heteroatoms. The standard InChI is InChI=1S/C18H17FN2O2S/c1-12-3-4-13(2)20(12)9-10-21-17(22)16(24-18(21)23)11-14-5-7-15(19)8-6-14/h3-8,11H,9-10H2,1-2H3. The predicted octanol–water partition coefficient (Wildman–Crippen LogP) is 3.98. The molecule has 0 N–H and O–H groups in total. The normalized spacial score (nSPS) is 16.5. The third-order valence-electron chi connectivity index (χ3n) is 4.01. The van der Waals surface area contributed by atoms with Crippen molar-refractivity contribution >= 4 is 29.0 Å². The van der Waals surface area contributed by atoms with E-state index in [0.717, 1.165) is 23.1 Å². The molecule has 1 aromatic heterocycles. The Bertz CT molecular complexity index is 805. The van der Waals surface area contributed by atoms with Crippen LogP contribution in [0.2, 0.25) is 0 Å². The highest BCUT2D eigenvalue weighted by molar-refractivity contribution is 8.18. The Morgan fingerprint density at radius 3 is 2.25 bits per heavy atom. The molecule has 0 unspecified atom stereocenters. The molecule has 0 aliphatic carbocycles. The zero-order valence-corrected chi connectivity index (χ0v) is 14.3. The summed E-state index contributed by atoms with van der Waals surface area (Å²) in [6, 6.07) is 9.84. The number of amides is 2. The van der Waals surface area contributed by atoms with Gasteiger partial charge in [-0.05, 0) is 61.5 Å². The Morgan fingerprint density at radius 1 is 1.00 bits per heavy atom. The number of thioether (sulfide) groups is 1. The van der Waals surface area contributed by atoms with E-state index >= 15 is 0 Å². The summed E-state index contributed by atoms with van der Waals surface area (Å²) in [5, 5.41) is -0.268. The van der Waals surface area contributed by atoms with Gasteiger partial charge in [-0.2, -0.15) is 0 Å². The molecule has 2 amide bonds. The molecule has 2 heterocycles. The van der Waals surface area contributed by atoms with Crippen molar-refractivity contribution in [2.45, 2.75) is 20.4 Å². The van der Waals surface area contributed by atoms with Crippen LogP contribution in [0.15, 0.2) is 41.3 Å². The van der Waals surface area contributed by atoms with Crippen LogP contribution in [0.25, 0.3) is 6.08 Å². The highest BCUT2D eigenvalue weighted by atomic mass is 32.2. The van der Waals surface area contributed by atoms with Crippen LogP contribution < -0.4 is 0 Å². The van der Waals surface area contributed by atoms with Gasteiger partial charge in [0, 0.05) is 24.5 Å². The lowest BCUT2D eigenvalue weighted by molar-refractivity contribution is -0.122. The number of hydrogen-bond acceptors (Lipinski definition) is 3. The van der Waals surface area contributed by atoms with E-state index in [2.05, 4.69) is 4.57 Å². The maximum Gasteiger partial charge on any atom is 0.293 e. The first kappa shape index (κ1) is 16.5. The number of nitrogens with zero attached hydrogens (tertiary/aromatic N) is 2. The van der Waals surface area contributed by atoms with Crippen molar-refractivity contribution in [3.63, 3.8) is 0 Å². The lowest BCUT2D eigenvalue weighted by atomic mass is 10.2. The van der Waals surface area contributed by atoms with E-state index in [1.54, 1.807) is 18.2 Å². The molecule has 24 heavy (non-hydrogen) atoms. The lowest BCUT2D eigenvalue weighted by Crippen LogP contribution is -2.31. The van der Waals surface area contributed by atoms with Crippen LogP contribution in [0.4, 0.5) is 9.18 Å². The number of hydrogen-bond donors (Lipinski definition) is 0. The SMILES string of the molecule is Cc1ccc(C)n1CCN1C(=O)SC(=Cc2ccc(F)cc2)C1=O. The summed E-state index contributed by atoms with van der Waals surface area (Å²) in [5.74, 6) is -0.630. The molecule has 2 aromatic rings. The van der Waals surface area contributed by atoms with Crippen LogP contribution in [0.3, 0.4) is 0 Å². The number of carbonyl (C=O) groups excluding carboxylic acids is 2. The summed E-state index contributed by atoms with van der Waals surface area (Å²) in [5.41, 5.74) is 2.89. The summed E-state index contributed by atoms with van der Waals surface area (Å²) in [6.07, 6.45) is 1.62. The third-order valence-corrected chi connectivity index (χ3v) is 4.91. The molecule has 0 atom stereocenters. The minimum atomic E-state index is -0.335. The highest BCUT2D eigenvalue weighted by Gasteiger charge is 2.34. The number of aromatic nitrogens is 1. The van der Waals surface area contributed by atoms with E-state index in [1.807, 2.05) is 26.0 Å². The molecule has 0 radical (unpaired) electrons. The van der Waals surface area contributed by atoms with Crippen LogP contribution >= 0.6 is 11.8 Å². The Morgan fingerprint density at radius 2 is 1.62 bits per heavy atom. The van der Waals surface area contributed by atoms with Crippen molar-refractivity contribution in [1.82, 2.24) is 9.47 Å². The molecule has 1 aliphatic heterocycles. The van der Waals surface area contributed by atoms with Gasteiger partial charge in [0.1, 0.15) is 5.82 Å². The first-order valence-electron chi connectivity index (χ1n) is 7.59. The van der Waals surface area contributed by atoms with Gasteiger partial charge >= 0.3 is 0 Å². The lowest BCUT2D eigenvalue weighted by Gasteiger charge is -2.15. The van der Waals surface area contributed by atoms with Crippen LogP contribution in [0.1, 0.15) is 17.0 Å². The highest BCUT2D eigenvalue weighted by Crippen LogP contribution is 2.32. The van der Waals surface area contributed by atoms with Crippen molar-refractivity contribution in [1.29, 1.82) is 0 Å². The Balaban J connectivity index is 1.73. The minimum Gasteiger partial charge on any atom is -0.347 e. The summed E-state index contributed by atoms with van der Waals surface area (Å²) in [6.45, 7) is 4.90. The van der Waals surface area contributed by atoms with Gasteiger partial charge < -0.3 is 4.57 Å². The molecule has 0 bridgehead atoms. The molecule has 0 saturated carbocycles. The number of aryl methyl sites for hydroxylation is 2. The smallest absolute Gasteiger partial charge is 0.293 e. The fourth-order valence-corrected chi connectivity index (χ4v) is 3.52. The van der Waals surface area contributed by atoms with E-state index < -0.39 is 0 Å². The molecule has 124 valence electrons. The second-order valence-electron chi connectivity index (χ2n) is 5.65. The quantitative estimate of drug-likeness (QED) is 0.788. The van der Waals surface area contributed by atoms with E-state index in [1.165, 1.54) is 17.0 Å². The third kappa shape index (κ3) is 3.28. The van der Waals surface area contributed by atoms with Crippen molar-refractivity contribution in [3.05, 3.63) is 64.1 Å². The monoisotopic (exact) mass is 344 g/mol. The van der Waals surface area contributed by atoms with Crippen LogP contribution in [-0.4, -0.2) is 27.2 Å². The van der Waals surface area contributed by atoms with Crippen LogP contribution in [0, 0.1) is 19.7 Å². The fourth-order valence-electron chi connectivity index (χ4n) is 2.66. The zero-order chi connectivity index (χ0) is 17.3. The van der Waals surface area contributed by atoms with Gasteiger partial charge in [-0.3, -0.25) is 14.5 Å². The van der Waals surface area contributed by atoms with Crippen molar-refractivity contribution in [2.24, 2.45) is 0 Å². The van der Waals surface area contributed by atoms with Gasteiger partial charge in [-0.25, -0.2) is 4.39 Å². The van der Waals surface area contributed by atoms with Crippen LogP contribution in [-0.2, 0) is 11.3 Å². The minimum absolute atomic E-state index is 0.268. The molecule has 0 spiro atoms.